The highest BCUT2D eigenvalue weighted by Gasteiger charge is 2.35. The molecule has 0 spiro atoms. The first kappa shape index (κ1) is 20.3. The summed E-state index contributed by atoms with van der Waals surface area (Å²) in [6, 6.07) is 4.37. The molecule has 0 bridgehead atoms. The summed E-state index contributed by atoms with van der Waals surface area (Å²) in [6.45, 7) is 4.68. The van der Waals surface area contributed by atoms with Crippen molar-refractivity contribution in [2.45, 2.75) is 44.8 Å². The van der Waals surface area contributed by atoms with Gasteiger partial charge in [0.05, 0.1) is 38.4 Å². The van der Waals surface area contributed by atoms with Crippen LogP contribution in [0.1, 0.15) is 55.5 Å². The lowest BCUT2D eigenvalue weighted by atomic mass is 9.93. The second kappa shape index (κ2) is 7.36. The number of alkyl halides is 3. The van der Waals surface area contributed by atoms with Gasteiger partial charge in [-0.3, -0.25) is 9.55 Å². The summed E-state index contributed by atoms with van der Waals surface area (Å²) in [4.78, 5) is 8.80. The molecule has 1 N–H and O–H groups in total. The SMILES string of the molecule is CCC(CC)c1ccc(Cl)c2c1nc1n2C(c2ncc(C(F)(F)F)cc2Cl)CN1. The van der Waals surface area contributed by atoms with E-state index < -0.39 is 17.8 Å². The lowest BCUT2D eigenvalue weighted by Crippen LogP contribution is -2.14. The number of aromatic nitrogens is 3. The minimum atomic E-state index is -4.50. The van der Waals surface area contributed by atoms with Crippen LogP contribution < -0.4 is 5.32 Å². The number of halogens is 5. The molecule has 29 heavy (non-hydrogen) atoms. The molecular formula is C20H19Cl2F3N4. The Balaban J connectivity index is 1.86. The number of nitrogens with one attached hydrogen (secondary N) is 1. The molecule has 0 fully saturated rings. The van der Waals surface area contributed by atoms with Crippen LogP contribution in [0.2, 0.25) is 10.0 Å². The number of anilines is 1. The Bertz CT molecular complexity index is 1070. The molecule has 0 amide bonds. The summed E-state index contributed by atoms with van der Waals surface area (Å²) < 4.78 is 40.8. The molecule has 0 aliphatic carbocycles. The van der Waals surface area contributed by atoms with Crippen molar-refractivity contribution in [3.8, 4) is 0 Å². The fraction of sp³-hybridized carbons (Fsp3) is 0.400. The van der Waals surface area contributed by atoms with E-state index in [1.165, 1.54) is 0 Å². The second-order valence-electron chi connectivity index (χ2n) is 7.14. The van der Waals surface area contributed by atoms with E-state index in [0.29, 0.717) is 29.1 Å². The fourth-order valence-electron chi connectivity index (χ4n) is 4.02. The minimum absolute atomic E-state index is 0.0337. The van der Waals surface area contributed by atoms with Gasteiger partial charge in [-0.2, -0.15) is 13.2 Å². The zero-order valence-corrected chi connectivity index (χ0v) is 17.3. The van der Waals surface area contributed by atoms with Gasteiger partial charge in [-0.25, -0.2) is 4.98 Å². The quantitative estimate of drug-likeness (QED) is 0.490. The monoisotopic (exact) mass is 442 g/mol. The summed E-state index contributed by atoms with van der Waals surface area (Å²) in [5.41, 5.74) is 2.15. The third-order valence-electron chi connectivity index (χ3n) is 5.52. The molecule has 1 unspecified atom stereocenters. The molecular weight excluding hydrogens is 424 g/mol. The van der Waals surface area contributed by atoms with Crippen molar-refractivity contribution in [2.75, 3.05) is 11.9 Å². The van der Waals surface area contributed by atoms with Crippen molar-refractivity contribution in [3.05, 3.63) is 51.3 Å². The summed E-state index contributed by atoms with van der Waals surface area (Å²) in [5.74, 6) is 0.958. The summed E-state index contributed by atoms with van der Waals surface area (Å²) in [6.07, 6.45) is -1.74. The van der Waals surface area contributed by atoms with Crippen LogP contribution in [-0.4, -0.2) is 21.1 Å². The van der Waals surface area contributed by atoms with Gasteiger partial charge in [0, 0.05) is 12.7 Å². The number of fused-ring (bicyclic) bond motifs is 3. The lowest BCUT2D eigenvalue weighted by molar-refractivity contribution is -0.137. The van der Waals surface area contributed by atoms with E-state index in [4.69, 9.17) is 28.2 Å². The average molecular weight is 443 g/mol. The van der Waals surface area contributed by atoms with Crippen molar-refractivity contribution >= 4 is 40.2 Å². The van der Waals surface area contributed by atoms with E-state index >= 15 is 0 Å². The predicted molar refractivity (Wildman–Crippen MR) is 109 cm³/mol. The molecule has 1 aliphatic heterocycles. The number of nitrogens with zero attached hydrogens (tertiary/aromatic N) is 3. The van der Waals surface area contributed by atoms with Crippen LogP contribution in [0.4, 0.5) is 19.1 Å². The Kier molecular flexibility index (Phi) is 5.15. The molecule has 0 radical (unpaired) electrons. The smallest absolute Gasteiger partial charge is 0.353 e. The fourth-order valence-corrected chi connectivity index (χ4v) is 4.55. The lowest BCUT2D eigenvalue weighted by Gasteiger charge is -2.18. The first-order chi connectivity index (χ1) is 13.8. The maximum atomic E-state index is 13.0. The predicted octanol–water partition coefficient (Wildman–Crippen LogP) is 6.68. The summed E-state index contributed by atoms with van der Waals surface area (Å²) in [5, 5.41) is 3.71. The van der Waals surface area contributed by atoms with Gasteiger partial charge in [-0.15, -0.1) is 0 Å². The van der Waals surface area contributed by atoms with Gasteiger partial charge in [0.25, 0.3) is 0 Å². The zero-order chi connectivity index (χ0) is 20.9. The van der Waals surface area contributed by atoms with E-state index in [-0.39, 0.29) is 5.02 Å². The van der Waals surface area contributed by atoms with Crippen LogP contribution in [0.3, 0.4) is 0 Å². The maximum absolute atomic E-state index is 13.0. The van der Waals surface area contributed by atoms with Gasteiger partial charge >= 0.3 is 6.18 Å². The summed E-state index contributed by atoms with van der Waals surface area (Å²) >= 11 is 12.7. The van der Waals surface area contributed by atoms with Gasteiger partial charge in [-0.1, -0.05) is 43.1 Å². The number of benzene rings is 1. The highest BCUT2D eigenvalue weighted by Crippen LogP contribution is 2.42. The van der Waals surface area contributed by atoms with Crippen LogP contribution in [0.5, 0.6) is 0 Å². The van der Waals surface area contributed by atoms with Gasteiger partial charge in [0.15, 0.2) is 0 Å². The second-order valence-corrected chi connectivity index (χ2v) is 7.95. The number of rotatable bonds is 4. The van der Waals surface area contributed by atoms with E-state index in [9.17, 15) is 13.2 Å². The van der Waals surface area contributed by atoms with E-state index in [1.807, 2.05) is 16.7 Å². The summed E-state index contributed by atoms with van der Waals surface area (Å²) in [7, 11) is 0. The molecule has 154 valence electrons. The van der Waals surface area contributed by atoms with Gasteiger partial charge < -0.3 is 5.32 Å². The Morgan fingerprint density at radius 3 is 2.55 bits per heavy atom. The first-order valence-corrected chi connectivity index (χ1v) is 10.2. The number of hydrogen-bond acceptors (Lipinski definition) is 3. The van der Waals surface area contributed by atoms with Crippen molar-refractivity contribution in [1.29, 1.82) is 0 Å². The number of pyridine rings is 1. The van der Waals surface area contributed by atoms with Crippen LogP contribution in [0, 0.1) is 0 Å². The third kappa shape index (κ3) is 3.34. The van der Waals surface area contributed by atoms with E-state index in [1.54, 1.807) is 0 Å². The molecule has 3 heterocycles. The van der Waals surface area contributed by atoms with Gasteiger partial charge in [0.1, 0.15) is 0 Å². The minimum Gasteiger partial charge on any atom is -0.353 e. The van der Waals surface area contributed by atoms with E-state index in [0.717, 1.165) is 41.7 Å². The Morgan fingerprint density at radius 1 is 1.21 bits per heavy atom. The zero-order valence-electron chi connectivity index (χ0n) is 15.8. The largest absolute Gasteiger partial charge is 0.417 e. The molecule has 2 aromatic heterocycles. The molecule has 1 aliphatic rings. The van der Waals surface area contributed by atoms with Crippen LogP contribution in [0.15, 0.2) is 24.4 Å². The molecule has 0 saturated heterocycles. The average Bonchev–Trinajstić information content (AvgIpc) is 3.23. The normalized spacial score (nSPS) is 16.5. The van der Waals surface area contributed by atoms with Crippen LogP contribution in [-0.2, 0) is 6.18 Å². The highest BCUT2D eigenvalue weighted by atomic mass is 35.5. The molecule has 0 saturated carbocycles. The van der Waals surface area contributed by atoms with Crippen LogP contribution in [0.25, 0.3) is 11.0 Å². The Labute approximate surface area is 176 Å². The molecule has 1 aromatic carbocycles. The number of hydrogen-bond donors (Lipinski definition) is 1. The highest BCUT2D eigenvalue weighted by molar-refractivity contribution is 6.35. The maximum Gasteiger partial charge on any atom is 0.417 e. The van der Waals surface area contributed by atoms with Crippen molar-refractivity contribution in [2.24, 2.45) is 0 Å². The third-order valence-corrected chi connectivity index (χ3v) is 6.13. The van der Waals surface area contributed by atoms with Crippen molar-refractivity contribution in [3.63, 3.8) is 0 Å². The first-order valence-electron chi connectivity index (χ1n) is 9.43. The van der Waals surface area contributed by atoms with Crippen molar-refractivity contribution < 1.29 is 13.2 Å². The topological polar surface area (TPSA) is 42.7 Å². The standard InChI is InChI=1S/C20H19Cl2F3N4/c1-3-10(4-2)12-5-6-13(21)18-16(12)28-19-27-9-15(29(18)19)17-14(22)7-11(8-26-17)20(23,24)25/h5-8,10,15H,3-4,9H2,1-2H3,(H,27,28). The van der Waals surface area contributed by atoms with Gasteiger partial charge in [0.2, 0.25) is 5.95 Å². The van der Waals surface area contributed by atoms with Crippen molar-refractivity contribution in [1.82, 2.24) is 14.5 Å². The van der Waals surface area contributed by atoms with E-state index in [2.05, 4.69) is 24.1 Å². The Hall–Kier alpha value is -1.99. The molecule has 1 atom stereocenters. The molecule has 4 nitrogen and oxygen atoms in total. The molecule has 3 aromatic rings. The molecule has 9 heteroatoms. The number of imidazole rings is 1. The molecule has 4 rings (SSSR count). The van der Waals surface area contributed by atoms with Crippen LogP contribution >= 0.6 is 23.2 Å². The Morgan fingerprint density at radius 2 is 1.93 bits per heavy atom. The van der Waals surface area contributed by atoms with Gasteiger partial charge in [-0.05, 0) is 36.5 Å².